The molecule has 0 N–H and O–H groups in total. The molecule has 0 saturated heterocycles. The molecule has 1 aliphatic rings. The second kappa shape index (κ2) is 8.09. The standard InChI is InChI=1S/C18H24FNO3/c1-13(18(22)23-2)12-20(16-6-4-3-5-7-16)17(21)14-8-10-15(19)11-9-14/h8-11,13,16H,3-7,12H2,1-2H3. The normalized spacial score (nSPS) is 16.7. The number of carbonyl (C=O) groups excluding carboxylic acids is 2. The third kappa shape index (κ3) is 4.53. The van der Waals surface area contributed by atoms with Gasteiger partial charge in [0.15, 0.2) is 0 Å². The summed E-state index contributed by atoms with van der Waals surface area (Å²) in [6.07, 6.45) is 5.25. The molecule has 0 radical (unpaired) electrons. The van der Waals surface area contributed by atoms with Crippen LogP contribution >= 0.6 is 0 Å². The Morgan fingerprint density at radius 3 is 2.39 bits per heavy atom. The lowest BCUT2D eigenvalue weighted by atomic mass is 9.93. The molecule has 1 atom stereocenters. The van der Waals surface area contributed by atoms with E-state index in [0.717, 1.165) is 25.7 Å². The van der Waals surface area contributed by atoms with Crippen molar-refractivity contribution in [3.05, 3.63) is 35.6 Å². The highest BCUT2D eigenvalue weighted by Crippen LogP contribution is 2.25. The van der Waals surface area contributed by atoms with E-state index >= 15 is 0 Å². The third-order valence-corrected chi connectivity index (χ3v) is 4.44. The lowest BCUT2D eigenvalue weighted by Crippen LogP contribution is -2.45. The first-order valence-corrected chi connectivity index (χ1v) is 8.17. The molecule has 4 nitrogen and oxygen atoms in total. The van der Waals surface area contributed by atoms with Crippen LogP contribution in [0.15, 0.2) is 24.3 Å². The second-order valence-electron chi connectivity index (χ2n) is 6.18. The van der Waals surface area contributed by atoms with Crippen LogP contribution < -0.4 is 0 Å². The molecule has 126 valence electrons. The van der Waals surface area contributed by atoms with Gasteiger partial charge < -0.3 is 9.64 Å². The van der Waals surface area contributed by atoms with Crippen LogP contribution in [0.2, 0.25) is 0 Å². The lowest BCUT2D eigenvalue weighted by Gasteiger charge is -2.35. The van der Waals surface area contributed by atoms with Gasteiger partial charge in [0.1, 0.15) is 5.82 Å². The Balaban J connectivity index is 2.19. The Morgan fingerprint density at radius 2 is 1.83 bits per heavy atom. The number of rotatable bonds is 5. The molecule has 1 unspecified atom stereocenters. The number of benzene rings is 1. The molecule has 1 fully saturated rings. The predicted molar refractivity (Wildman–Crippen MR) is 85.5 cm³/mol. The Hall–Kier alpha value is -1.91. The molecule has 1 amide bonds. The third-order valence-electron chi connectivity index (χ3n) is 4.44. The van der Waals surface area contributed by atoms with Gasteiger partial charge in [-0.2, -0.15) is 0 Å². The van der Waals surface area contributed by atoms with Gasteiger partial charge in [0.2, 0.25) is 0 Å². The molecule has 23 heavy (non-hydrogen) atoms. The average molecular weight is 321 g/mol. The second-order valence-corrected chi connectivity index (χ2v) is 6.18. The topological polar surface area (TPSA) is 46.6 Å². The zero-order valence-corrected chi connectivity index (χ0v) is 13.8. The number of ether oxygens (including phenoxy) is 1. The summed E-state index contributed by atoms with van der Waals surface area (Å²) < 4.78 is 17.9. The van der Waals surface area contributed by atoms with E-state index in [1.807, 2.05) is 0 Å². The Morgan fingerprint density at radius 1 is 1.22 bits per heavy atom. The number of carbonyl (C=O) groups is 2. The summed E-state index contributed by atoms with van der Waals surface area (Å²) in [5.74, 6) is -1.22. The SMILES string of the molecule is COC(=O)C(C)CN(C(=O)c1ccc(F)cc1)C1CCCCC1. The van der Waals surface area contributed by atoms with E-state index in [4.69, 9.17) is 4.74 Å². The first-order valence-electron chi connectivity index (χ1n) is 8.17. The fourth-order valence-corrected chi connectivity index (χ4v) is 3.12. The number of halogens is 1. The largest absolute Gasteiger partial charge is 0.469 e. The van der Waals surface area contributed by atoms with Crippen molar-refractivity contribution in [1.29, 1.82) is 0 Å². The van der Waals surface area contributed by atoms with E-state index in [0.29, 0.717) is 12.1 Å². The molecular formula is C18H24FNO3. The maximum atomic E-state index is 13.1. The van der Waals surface area contributed by atoms with Crippen LogP contribution in [0.1, 0.15) is 49.4 Å². The van der Waals surface area contributed by atoms with Crippen molar-refractivity contribution in [3.63, 3.8) is 0 Å². The summed E-state index contributed by atoms with van der Waals surface area (Å²) in [7, 11) is 1.35. The predicted octanol–water partition coefficient (Wildman–Crippen LogP) is 3.41. The van der Waals surface area contributed by atoms with E-state index in [1.165, 1.54) is 37.8 Å². The molecule has 2 rings (SSSR count). The van der Waals surface area contributed by atoms with Crippen molar-refractivity contribution < 1.29 is 18.7 Å². The maximum absolute atomic E-state index is 13.1. The van der Waals surface area contributed by atoms with Gasteiger partial charge in [-0.3, -0.25) is 9.59 Å². The first kappa shape index (κ1) is 17.4. The number of hydrogen-bond donors (Lipinski definition) is 0. The van der Waals surface area contributed by atoms with Gasteiger partial charge in [0.05, 0.1) is 13.0 Å². The van der Waals surface area contributed by atoms with Crippen LogP contribution in [0.25, 0.3) is 0 Å². The van der Waals surface area contributed by atoms with E-state index in [1.54, 1.807) is 11.8 Å². The molecule has 1 aromatic rings. The summed E-state index contributed by atoms with van der Waals surface area (Å²) in [4.78, 5) is 26.3. The Kier molecular flexibility index (Phi) is 6.13. The van der Waals surface area contributed by atoms with Crippen molar-refractivity contribution in [1.82, 2.24) is 4.90 Å². The molecule has 1 saturated carbocycles. The van der Waals surface area contributed by atoms with Crippen LogP contribution in [-0.2, 0) is 9.53 Å². The van der Waals surface area contributed by atoms with E-state index < -0.39 is 0 Å². The zero-order valence-electron chi connectivity index (χ0n) is 13.8. The quantitative estimate of drug-likeness (QED) is 0.781. The number of methoxy groups -OCH3 is 1. The smallest absolute Gasteiger partial charge is 0.310 e. The first-order chi connectivity index (χ1) is 11.0. The number of amides is 1. The van der Waals surface area contributed by atoms with Gasteiger partial charge in [-0.25, -0.2) is 4.39 Å². The molecule has 0 aliphatic heterocycles. The van der Waals surface area contributed by atoms with Crippen molar-refractivity contribution in [2.45, 2.75) is 45.1 Å². The fraction of sp³-hybridized carbons (Fsp3) is 0.556. The molecule has 5 heteroatoms. The molecule has 0 spiro atoms. The summed E-state index contributed by atoms with van der Waals surface area (Å²) in [6.45, 7) is 2.09. The minimum absolute atomic E-state index is 0.133. The van der Waals surface area contributed by atoms with E-state index in [-0.39, 0.29) is 29.7 Å². The lowest BCUT2D eigenvalue weighted by molar-refractivity contribution is -0.145. The van der Waals surface area contributed by atoms with Gasteiger partial charge in [0.25, 0.3) is 5.91 Å². The van der Waals surface area contributed by atoms with E-state index in [2.05, 4.69) is 0 Å². The molecular weight excluding hydrogens is 297 g/mol. The highest BCUT2D eigenvalue weighted by atomic mass is 19.1. The van der Waals surface area contributed by atoms with Crippen molar-refractivity contribution in [2.75, 3.05) is 13.7 Å². The number of esters is 1. The van der Waals surface area contributed by atoms with Crippen LogP contribution in [0.3, 0.4) is 0 Å². The number of nitrogens with zero attached hydrogens (tertiary/aromatic N) is 1. The fourth-order valence-electron chi connectivity index (χ4n) is 3.12. The van der Waals surface area contributed by atoms with Gasteiger partial charge in [-0.05, 0) is 37.1 Å². The van der Waals surface area contributed by atoms with Crippen LogP contribution in [0.4, 0.5) is 4.39 Å². The highest BCUT2D eigenvalue weighted by Gasteiger charge is 2.29. The Labute approximate surface area is 136 Å². The van der Waals surface area contributed by atoms with Gasteiger partial charge in [-0.15, -0.1) is 0 Å². The molecule has 0 heterocycles. The van der Waals surface area contributed by atoms with Gasteiger partial charge in [0, 0.05) is 18.2 Å². The summed E-state index contributed by atoms with van der Waals surface area (Å²) in [5, 5.41) is 0. The Bertz CT molecular complexity index is 538. The van der Waals surface area contributed by atoms with Crippen LogP contribution in [0.5, 0.6) is 0 Å². The minimum Gasteiger partial charge on any atom is -0.469 e. The number of hydrogen-bond acceptors (Lipinski definition) is 3. The summed E-state index contributed by atoms with van der Waals surface area (Å²) in [5.41, 5.74) is 0.453. The molecule has 0 aromatic heterocycles. The highest BCUT2D eigenvalue weighted by molar-refractivity contribution is 5.94. The maximum Gasteiger partial charge on any atom is 0.310 e. The van der Waals surface area contributed by atoms with Gasteiger partial charge in [-0.1, -0.05) is 26.2 Å². The van der Waals surface area contributed by atoms with Crippen molar-refractivity contribution >= 4 is 11.9 Å². The summed E-state index contributed by atoms with van der Waals surface area (Å²) >= 11 is 0. The molecule has 0 bridgehead atoms. The van der Waals surface area contributed by atoms with Crippen LogP contribution in [-0.4, -0.2) is 36.5 Å². The molecule has 1 aromatic carbocycles. The minimum atomic E-state index is -0.383. The monoisotopic (exact) mass is 321 g/mol. The summed E-state index contributed by atoms with van der Waals surface area (Å²) in [6, 6.07) is 5.70. The van der Waals surface area contributed by atoms with Crippen LogP contribution in [0, 0.1) is 11.7 Å². The van der Waals surface area contributed by atoms with E-state index in [9.17, 15) is 14.0 Å². The van der Waals surface area contributed by atoms with Gasteiger partial charge >= 0.3 is 5.97 Å². The average Bonchev–Trinajstić information content (AvgIpc) is 2.59. The van der Waals surface area contributed by atoms with Crippen molar-refractivity contribution in [3.8, 4) is 0 Å². The zero-order chi connectivity index (χ0) is 16.8. The molecule has 1 aliphatic carbocycles. The van der Waals surface area contributed by atoms with Crippen molar-refractivity contribution in [2.24, 2.45) is 5.92 Å².